The van der Waals surface area contributed by atoms with E-state index >= 15 is 0 Å². The third-order valence-corrected chi connectivity index (χ3v) is 4.39. The molecule has 0 radical (unpaired) electrons. The predicted octanol–water partition coefficient (Wildman–Crippen LogP) is 1.93. The van der Waals surface area contributed by atoms with Gasteiger partial charge in [0, 0.05) is 0 Å². The van der Waals surface area contributed by atoms with Gasteiger partial charge in [-0.2, -0.15) is 0 Å². The lowest BCUT2D eigenvalue weighted by Crippen LogP contribution is -2.36. The van der Waals surface area contributed by atoms with E-state index in [4.69, 9.17) is 4.74 Å². The highest BCUT2D eigenvalue weighted by atomic mass is 32.1. The molecule has 0 bridgehead atoms. The molecule has 0 spiro atoms. The lowest BCUT2D eigenvalue weighted by Gasteiger charge is -2.15. The molecular weight excluding hydrogens is 332 g/mol. The van der Waals surface area contributed by atoms with Crippen LogP contribution < -0.4 is 9.64 Å². The second-order valence-corrected chi connectivity index (χ2v) is 5.86. The summed E-state index contributed by atoms with van der Waals surface area (Å²) in [6.07, 6.45) is 0. The number of imide groups is 2. The van der Waals surface area contributed by atoms with Gasteiger partial charge >= 0.3 is 17.8 Å². The molecule has 1 aliphatic heterocycles. The van der Waals surface area contributed by atoms with E-state index in [1.165, 1.54) is 30.6 Å². The van der Waals surface area contributed by atoms with Crippen LogP contribution >= 0.6 is 11.3 Å². The fourth-order valence-corrected chi connectivity index (χ4v) is 2.92. The number of nitrogens with zero attached hydrogens (tertiary/aromatic N) is 2. The SMILES string of the molecule is COc1ccc(N2C(=O)C(=O)N(CC(=O)c3cccs3)C2=O)cc1. The Hall–Kier alpha value is -3.00. The van der Waals surface area contributed by atoms with Crippen LogP contribution in [0.3, 0.4) is 0 Å². The Kier molecular flexibility index (Phi) is 4.13. The second kappa shape index (κ2) is 6.25. The first kappa shape index (κ1) is 15.9. The molecule has 1 aliphatic rings. The minimum absolute atomic E-state index is 0.241. The van der Waals surface area contributed by atoms with Crippen LogP contribution in [0.2, 0.25) is 0 Å². The number of rotatable bonds is 5. The van der Waals surface area contributed by atoms with Gasteiger partial charge in [-0.3, -0.25) is 14.4 Å². The normalized spacial score (nSPS) is 14.5. The Bertz CT molecular complexity index is 814. The summed E-state index contributed by atoms with van der Waals surface area (Å²) in [5.41, 5.74) is 0.241. The van der Waals surface area contributed by atoms with E-state index in [1.54, 1.807) is 29.6 Å². The van der Waals surface area contributed by atoms with Gasteiger partial charge in [0.25, 0.3) is 0 Å². The van der Waals surface area contributed by atoms with Crippen LogP contribution in [-0.2, 0) is 9.59 Å². The maximum Gasteiger partial charge on any atom is 0.339 e. The maximum absolute atomic E-state index is 12.4. The van der Waals surface area contributed by atoms with Gasteiger partial charge < -0.3 is 4.74 Å². The molecule has 7 nitrogen and oxygen atoms in total. The Balaban J connectivity index is 1.83. The largest absolute Gasteiger partial charge is 0.497 e. The number of ether oxygens (including phenoxy) is 1. The standard InChI is InChI=1S/C16H12N2O5S/c1-23-11-6-4-10(5-7-11)18-15(21)14(20)17(16(18)22)9-12(19)13-3-2-8-24-13/h2-8H,9H2,1H3. The van der Waals surface area contributed by atoms with Crippen LogP contribution in [0.15, 0.2) is 41.8 Å². The minimum atomic E-state index is -1.01. The van der Waals surface area contributed by atoms with Crippen LogP contribution in [0, 0.1) is 0 Å². The smallest absolute Gasteiger partial charge is 0.339 e. The van der Waals surface area contributed by atoms with Crippen molar-refractivity contribution in [3.63, 3.8) is 0 Å². The summed E-state index contributed by atoms with van der Waals surface area (Å²) < 4.78 is 5.01. The Morgan fingerprint density at radius 1 is 1.08 bits per heavy atom. The van der Waals surface area contributed by atoms with E-state index in [9.17, 15) is 19.2 Å². The number of hydrogen-bond donors (Lipinski definition) is 0. The number of thiophene rings is 1. The van der Waals surface area contributed by atoms with Gasteiger partial charge in [-0.25, -0.2) is 14.6 Å². The molecule has 0 aliphatic carbocycles. The van der Waals surface area contributed by atoms with Crippen molar-refractivity contribution in [3.8, 4) is 5.75 Å². The van der Waals surface area contributed by atoms with E-state index < -0.39 is 30.2 Å². The zero-order chi connectivity index (χ0) is 17.3. The van der Waals surface area contributed by atoms with E-state index in [0.29, 0.717) is 15.5 Å². The molecule has 2 aromatic rings. The van der Waals surface area contributed by atoms with Crippen molar-refractivity contribution in [1.29, 1.82) is 0 Å². The zero-order valence-corrected chi connectivity index (χ0v) is 13.4. The quantitative estimate of drug-likeness (QED) is 0.470. The van der Waals surface area contributed by atoms with E-state index in [2.05, 4.69) is 0 Å². The first-order chi connectivity index (χ1) is 11.5. The van der Waals surface area contributed by atoms with Crippen molar-refractivity contribution in [2.75, 3.05) is 18.6 Å². The summed E-state index contributed by atoms with van der Waals surface area (Å²) >= 11 is 1.21. The van der Waals surface area contributed by atoms with Crippen molar-refractivity contribution in [3.05, 3.63) is 46.7 Å². The summed E-state index contributed by atoms with van der Waals surface area (Å²) in [5.74, 6) is -1.84. The molecule has 122 valence electrons. The Labute approximate surface area is 141 Å². The summed E-state index contributed by atoms with van der Waals surface area (Å²) in [4.78, 5) is 50.5. The fraction of sp³-hybridized carbons (Fsp3) is 0.125. The minimum Gasteiger partial charge on any atom is -0.497 e. The van der Waals surface area contributed by atoms with Crippen LogP contribution in [-0.4, -0.2) is 42.2 Å². The summed E-state index contributed by atoms with van der Waals surface area (Å²) in [5, 5.41) is 1.72. The number of methoxy groups -OCH3 is 1. The van der Waals surface area contributed by atoms with Crippen LogP contribution in [0.5, 0.6) is 5.75 Å². The zero-order valence-electron chi connectivity index (χ0n) is 12.6. The van der Waals surface area contributed by atoms with Crippen molar-refractivity contribution in [2.45, 2.75) is 0 Å². The molecule has 1 saturated heterocycles. The third kappa shape index (κ3) is 2.67. The molecule has 0 N–H and O–H groups in total. The second-order valence-electron chi connectivity index (χ2n) is 4.91. The molecule has 2 heterocycles. The lowest BCUT2D eigenvalue weighted by molar-refractivity contribution is -0.139. The summed E-state index contributed by atoms with van der Waals surface area (Å²) in [6.45, 7) is -0.462. The Morgan fingerprint density at radius 3 is 2.38 bits per heavy atom. The van der Waals surface area contributed by atoms with Gasteiger partial charge in [-0.1, -0.05) is 6.07 Å². The van der Waals surface area contributed by atoms with Crippen molar-refractivity contribution in [1.82, 2.24) is 4.90 Å². The Morgan fingerprint density at radius 2 is 1.79 bits per heavy atom. The molecule has 0 atom stereocenters. The highest BCUT2D eigenvalue weighted by molar-refractivity contribution is 7.12. The molecule has 1 aromatic heterocycles. The molecule has 8 heteroatoms. The monoisotopic (exact) mass is 344 g/mol. The average molecular weight is 344 g/mol. The third-order valence-electron chi connectivity index (χ3n) is 3.48. The first-order valence-corrected chi connectivity index (χ1v) is 7.81. The summed E-state index contributed by atoms with van der Waals surface area (Å²) in [7, 11) is 1.49. The van der Waals surface area contributed by atoms with E-state index in [1.807, 2.05) is 0 Å². The van der Waals surface area contributed by atoms with Gasteiger partial charge in [0.15, 0.2) is 5.78 Å². The van der Waals surface area contributed by atoms with Crippen LogP contribution in [0.1, 0.15) is 9.67 Å². The number of hydrogen-bond acceptors (Lipinski definition) is 6. The highest BCUT2D eigenvalue weighted by Gasteiger charge is 2.46. The number of amides is 4. The van der Waals surface area contributed by atoms with Gasteiger partial charge in [0.2, 0.25) is 0 Å². The molecule has 1 aromatic carbocycles. The van der Waals surface area contributed by atoms with Gasteiger partial charge in [0.05, 0.1) is 24.2 Å². The van der Waals surface area contributed by atoms with Crippen molar-refractivity contribution in [2.24, 2.45) is 0 Å². The van der Waals surface area contributed by atoms with Gasteiger partial charge in [-0.15, -0.1) is 11.3 Å². The molecule has 0 unspecified atom stereocenters. The number of urea groups is 1. The predicted molar refractivity (Wildman–Crippen MR) is 86.2 cm³/mol. The molecular formula is C16H12N2O5S. The van der Waals surface area contributed by atoms with Crippen LogP contribution in [0.25, 0.3) is 0 Å². The number of Topliss-reactive ketones (excluding diaryl/α,β-unsaturated/α-hetero) is 1. The first-order valence-electron chi connectivity index (χ1n) is 6.93. The average Bonchev–Trinajstić information content (AvgIpc) is 3.19. The van der Waals surface area contributed by atoms with E-state index in [0.717, 1.165) is 4.90 Å². The van der Waals surface area contributed by atoms with Gasteiger partial charge in [-0.05, 0) is 35.7 Å². The van der Waals surface area contributed by atoms with Crippen molar-refractivity contribution < 1.29 is 23.9 Å². The number of benzene rings is 1. The number of ketones is 1. The number of carbonyl (C=O) groups excluding carboxylic acids is 4. The molecule has 0 saturated carbocycles. The number of anilines is 1. The topological polar surface area (TPSA) is 84.0 Å². The highest BCUT2D eigenvalue weighted by Crippen LogP contribution is 2.25. The maximum atomic E-state index is 12.4. The molecule has 4 amide bonds. The van der Waals surface area contributed by atoms with Crippen LogP contribution in [0.4, 0.5) is 10.5 Å². The molecule has 3 rings (SSSR count). The fourth-order valence-electron chi connectivity index (χ4n) is 2.26. The molecule has 1 fully saturated rings. The lowest BCUT2D eigenvalue weighted by atomic mass is 10.3. The molecule has 24 heavy (non-hydrogen) atoms. The number of carbonyl (C=O) groups is 4. The van der Waals surface area contributed by atoms with E-state index in [-0.39, 0.29) is 5.69 Å². The van der Waals surface area contributed by atoms with Gasteiger partial charge in [0.1, 0.15) is 5.75 Å². The summed E-state index contributed by atoms with van der Waals surface area (Å²) in [6, 6.07) is 8.58. The van der Waals surface area contributed by atoms with Crippen molar-refractivity contribution >= 4 is 40.7 Å².